The molecule has 6 nitrogen and oxygen atoms in total. The molecule has 0 spiro atoms. The van der Waals surface area contributed by atoms with Crippen LogP contribution in [0.3, 0.4) is 0 Å². The molecule has 0 radical (unpaired) electrons. The van der Waals surface area contributed by atoms with Crippen LogP contribution in [0.5, 0.6) is 0 Å². The van der Waals surface area contributed by atoms with Gasteiger partial charge in [0.15, 0.2) is 0 Å². The normalized spacial score (nSPS) is 23.4. The monoisotopic (exact) mass is 391 g/mol. The highest BCUT2D eigenvalue weighted by Gasteiger charge is 2.51. The number of nitrogens with zero attached hydrogens (tertiary/aromatic N) is 1. The Bertz CT molecular complexity index is 716. The van der Waals surface area contributed by atoms with E-state index in [4.69, 9.17) is 11.6 Å². The molecular weight excluding hydrogens is 366 g/mol. The minimum atomic E-state index is -1.15. The first-order valence-corrected chi connectivity index (χ1v) is 10.0. The van der Waals surface area contributed by atoms with Crippen molar-refractivity contribution in [2.24, 2.45) is 5.92 Å². The van der Waals surface area contributed by atoms with Crippen molar-refractivity contribution in [3.05, 3.63) is 34.9 Å². The van der Waals surface area contributed by atoms with Crippen molar-refractivity contribution in [1.29, 1.82) is 0 Å². The molecule has 2 N–H and O–H groups in total. The molecule has 1 aromatic rings. The highest BCUT2D eigenvalue weighted by molar-refractivity contribution is 6.30. The number of hydrogen-bond donors (Lipinski definition) is 2. The Morgan fingerprint density at radius 3 is 2.52 bits per heavy atom. The van der Waals surface area contributed by atoms with Gasteiger partial charge in [0.25, 0.3) is 5.91 Å². The van der Waals surface area contributed by atoms with E-state index in [2.05, 4.69) is 10.6 Å². The van der Waals surface area contributed by atoms with Crippen LogP contribution in [0.1, 0.15) is 51.0 Å². The van der Waals surface area contributed by atoms with Crippen LogP contribution in [0.25, 0.3) is 0 Å². The molecule has 4 amide bonds. The van der Waals surface area contributed by atoms with Gasteiger partial charge in [-0.1, -0.05) is 49.9 Å². The second-order valence-electron chi connectivity index (χ2n) is 7.40. The Morgan fingerprint density at radius 2 is 1.89 bits per heavy atom. The molecule has 146 valence electrons. The fourth-order valence-electron chi connectivity index (χ4n) is 3.99. The first-order valence-electron chi connectivity index (χ1n) is 9.63. The third-order valence-corrected chi connectivity index (χ3v) is 5.91. The fraction of sp³-hybridized carbons (Fsp3) is 0.550. The molecule has 27 heavy (non-hydrogen) atoms. The van der Waals surface area contributed by atoms with Gasteiger partial charge in [-0.2, -0.15) is 0 Å². The van der Waals surface area contributed by atoms with Crippen LogP contribution in [0.15, 0.2) is 24.3 Å². The van der Waals surface area contributed by atoms with Crippen LogP contribution in [0.2, 0.25) is 5.02 Å². The number of carbonyl (C=O) groups excluding carboxylic acids is 3. The summed E-state index contributed by atoms with van der Waals surface area (Å²) in [5.41, 5.74) is -0.483. The molecule has 1 aliphatic carbocycles. The summed E-state index contributed by atoms with van der Waals surface area (Å²) in [4.78, 5) is 38.8. The van der Waals surface area contributed by atoms with Crippen molar-refractivity contribution in [1.82, 2.24) is 15.5 Å². The van der Waals surface area contributed by atoms with Gasteiger partial charge in [0.05, 0.1) is 0 Å². The van der Waals surface area contributed by atoms with Crippen molar-refractivity contribution in [3.8, 4) is 0 Å². The summed E-state index contributed by atoms with van der Waals surface area (Å²) < 4.78 is 0. The van der Waals surface area contributed by atoms with Crippen LogP contribution in [0.4, 0.5) is 4.79 Å². The summed E-state index contributed by atoms with van der Waals surface area (Å²) in [7, 11) is 0. The molecule has 3 rings (SSSR count). The minimum absolute atomic E-state index is 0.257. The van der Waals surface area contributed by atoms with Crippen LogP contribution in [-0.2, 0) is 15.1 Å². The number of urea groups is 1. The van der Waals surface area contributed by atoms with E-state index in [1.807, 2.05) is 6.92 Å². The molecule has 1 atom stereocenters. The van der Waals surface area contributed by atoms with Crippen LogP contribution >= 0.6 is 11.6 Å². The van der Waals surface area contributed by atoms with Crippen LogP contribution in [-0.4, -0.2) is 35.8 Å². The van der Waals surface area contributed by atoms with E-state index < -0.39 is 17.5 Å². The highest BCUT2D eigenvalue weighted by atomic mass is 35.5. The zero-order valence-corrected chi connectivity index (χ0v) is 16.3. The molecule has 1 heterocycles. The molecule has 1 saturated heterocycles. The highest BCUT2D eigenvalue weighted by Crippen LogP contribution is 2.33. The molecule has 1 saturated carbocycles. The molecule has 1 aliphatic heterocycles. The Balaban J connectivity index is 1.65. The van der Waals surface area contributed by atoms with Gasteiger partial charge >= 0.3 is 6.03 Å². The molecule has 1 unspecified atom stereocenters. The standard InChI is InChI=1S/C20H26ClN3O3/c1-2-20(15-8-10-16(21)11-9-15)18(26)24(19(27)23-20)13-17(25)22-12-14-6-4-3-5-7-14/h8-11,14H,2-7,12-13H2,1H3,(H,22,25)(H,23,27). The second-order valence-corrected chi connectivity index (χ2v) is 7.83. The Kier molecular flexibility index (Phi) is 6.05. The van der Waals surface area contributed by atoms with Gasteiger partial charge in [-0.25, -0.2) is 4.79 Å². The van der Waals surface area contributed by atoms with E-state index in [-0.39, 0.29) is 12.5 Å². The first-order chi connectivity index (χ1) is 13.0. The van der Waals surface area contributed by atoms with Crippen molar-refractivity contribution in [2.75, 3.05) is 13.1 Å². The molecular formula is C20H26ClN3O3. The van der Waals surface area contributed by atoms with E-state index >= 15 is 0 Å². The van der Waals surface area contributed by atoms with E-state index in [0.717, 1.165) is 17.7 Å². The lowest BCUT2D eigenvalue weighted by molar-refractivity contribution is -0.135. The smallest absolute Gasteiger partial charge is 0.325 e. The van der Waals surface area contributed by atoms with Crippen molar-refractivity contribution in [2.45, 2.75) is 51.0 Å². The molecule has 0 aromatic heterocycles. The van der Waals surface area contributed by atoms with Crippen LogP contribution in [0, 0.1) is 5.92 Å². The van der Waals surface area contributed by atoms with E-state index in [9.17, 15) is 14.4 Å². The molecule has 0 bridgehead atoms. The molecule has 7 heteroatoms. The van der Waals surface area contributed by atoms with E-state index in [0.29, 0.717) is 29.5 Å². The lowest BCUT2D eigenvalue weighted by Gasteiger charge is -2.26. The number of amides is 4. The number of hydrogen-bond acceptors (Lipinski definition) is 3. The third kappa shape index (κ3) is 4.10. The number of rotatable bonds is 6. The Morgan fingerprint density at radius 1 is 1.22 bits per heavy atom. The Labute approximate surface area is 164 Å². The van der Waals surface area contributed by atoms with Gasteiger partial charge in [-0.05, 0) is 42.9 Å². The molecule has 2 aliphatic rings. The topological polar surface area (TPSA) is 78.5 Å². The maximum atomic E-state index is 13.0. The minimum Gasteiger partial charge on any atom is -0.354 e. The first kappa shape index (κ1) is 19.7. The van der Waals surface area contributed by atoms with Crippen LogP contribution < -0.4 is 10.6 Å². The molecule has 2 fully saturated rings. The third-order valence-electron chi connectivity index (χ3n) is 5.66. The van der Waals surface area contributed by atoms with Gasteiger partial charge in [0, 0.05) is 11.6 Å². The summed E-state index contributed by atoms with van der Waals surface area (Å²) in [6.07, 6.45) is 6.30. The average Bonchev–Trinajstić information content (AvgIpc) is 2.93. The van der Waals surface area contributed by atoms with Crippen molar-refractivity contribution < 1.29 is 14.4 Å². The average molecular weight is 392 g/mol. The number of benzene rings is 1. The number of imide groups is 1. The lowest BCUT2D eigenvalue weighted by Crippen LogP contribution is -2.45. The predicted octanol–water partition coefficient (Wildman–Crippen LogP) is 3.19. The lowest BCUT2D eigenvalue weighted by atomic mass is 9.87. The van der Waals surface area contributed by atoms with Gasteiger partial charge in [0.1, 0.15) is 12.1 Å². The Hall–Kier alpha value is -2.08. The van der Waals surface area contributed by atoms with Gasteiger partial charge < -0.3 is 10.6 Å². The summed E-state index contributed by atoms with van der Waals surface area (Å²) >= 11 is 5.93. The number of halogens is 1. The van der Waals surface area contributed by atoms with Crippen molar-refractivity contribution in [3.63, 3.8) is 0 Å². The van der Waals surface area contributed by atoms with Gasteiger partial charge in [-0.15, -0.1) is 0 Å². The SMILES string of the molecule is CCC1(c2ccc(Cl)cc2)NC(=O)N(CC(=O)NCC2CCCCC2)C1=O. The second kappa shape index (κ2) is 8.30. The summed E-state index contributed by atoms with van der Waals surface area (Å²) in [6.45, 7) is 2.19. The quantitative estimate of drug-likeness (QED) is 0.731. The maximum absolute atomic E-state index is 13.0. The largest absolute Gasteiger partial charge is 0.354 e. The van der Waals surface area contributed by atoms with Gasteiger partial charge in [0.2, 0.25) is 5.91 Å². The van der Waals surface area contributed by atoms with E-state index in [1.54, 1.807) is 24.3 Å². The summed E-state index contributed by atoms with van der Waals surface area (Å²) in [5, 5.41) is 6.22. The molecule has 1 aromatic carbocycles. The maximum Gasteiger partial charge on any atom is 0.325 e. The zero-order valence-electron chi connectivity index (χ0n) is 15.6. The van der Waals surface area contributed by atoms with Gasteiger partial charge in [-0.3, -0.25) is 14.5 Å². The number of nitrogens with one attached hydrogen (secondary N) is 2. The summed E-state index contributed by atoms with van der Waals surface area (Å²) in [5.74, 6) is -0.202. The number of carbonyl (C=O) groups is 3. The van der Waals surface area contributed by atoms with E-state index in [1.165, 1.54) is 19.3 Å². The zero-order chi connectivity index (χ0) is 19.4. The predicted molar refractivity (Wildman–Crippen MR) is 103 cm³/mol. The summed E-state index contributed by atoms with van der Waals surface area (Å²) in [6, 6.07) is 6.30. The fourth-order valence-corrected chi connectivity index (χ4v) is 4.12. The van der Waals surface area contributed by atoms with Crippen molar-refractivity contribution >= 4 is 29.4 Å².